The highest BCUT2D eigenvalue weighted by Gasteiger charge is 2.35. The molecule has 0 bridgehead atoms. The molecule has 2 aromatic carbocycles. The average molecular weight is 436 g/mol. The summed E-state index contributed by atoms with van der Waals surface area (Å²) in [6.45, 7) is 5.21. The Bertz CT molecular complexity index is 1140. The van der Waals surface area contributed by atoms with E-state index in [0.717, 1.165) is 40.9 Å². The normalized spacial score (nSPS) is 15.4. The van der Waals surface area contributed by atoms with Gasteiger partial charge in [0.1, 0.15) is 12.4 Å². The minimum atomic E-state index is -0.400. The Morgan fingerprint density at radius 2 is 1.97 bits per heavy atom. The number of esters is 1. The van der Waals surface area contributed by atoms with E-state index in [1.165, 1.54) is 0 Å². The van der Waals surface area contributed by atoms with Gasteiger partial charge >= 0.3 is 5.97 Å². The second kappa shape index (κ2) is 9.87. The molecule has 1 N–H and O–H groups in total. The summed E-state index contributed by atoms with van der Waals surface area (Å²) in [5, 5.41) is 3.30. The zero-order valence-corrected chi connectivity index (χ0v) is 18.8. The summed E-state index contributed by atoms with van der Waals surface area (Å²) < 4.78 is 18.6. The maximum atomic E-state index is 13.2. The third kappa shape index (κ3) is 4.34. The molecule has 0 saturated carbocycles. The molecule has 0 unspecified atom stereocenters. The SMILES string of the molecule is CCCCOc1cccc([C@@H]2C(C(=O)OCCOC)=C(C)Nc3nc4ccccc4n32)c1. The van der Waals surface area contributed by atoms with Crippen LogP contribution in [0.2, 0.25) is 0 Å². The summed E-state index contributed by atoms with van der Waals surface area (Å²) in [4.78, 5) is 17.9. The van der Waals surface area contributed by atoms with Gasteiger partial charge in [0.15, 0.2) is 0 Å². The number of carbonyl (C=O) groups is 1. The molecule has 0 saturated heterocycles. The van der Waals surface area contributed by atoms with Gasteiger partial charge in [0.25, 0.3) is 0 Å². The molecule has 0 spiro atoms. The number of para-hydroxylation sites is 2. The molecule has 7 heteroatoms. The highest BCUT2D eigenvalue weighted by molar-refractivity contribution is 5.94. The number of fused-ring (bicyclic) bond motifs is 3. The lowest BCUT2D eigenvalue weighted by Crippen LogP contribution is -2.29. The number of hydrogen-bond acceptors (Lipinski definition) is 6. The zero-order valence-electron chi connectivity index (χ0n) is 18.8. The van der Waals surface area contributed by atoms with Crippen molar-refractivity contribution < 1.29 is 19.0 Å². The molecule has 1 atom stereocenters. The number of imidazole rings is 1. The lowest BCUT2D eigenvalue weighted by atomic mass is 9.95. The quantitative estimate of drug-likeness (QED) is 0.388. The van der Waals surface area contributed by atoms with Crippen LogP contribution in [0.5, 0.6) is 5.75 Å². The Morgan fingerprint density at radius 3 is 2.78 bits per heavy atom. The highest BCUT2D eigenvalue weighted by Crippen LogP contribution is 2.40. The molecule has 7 nitrogen and oxygen atoms in total. The van der Waals surface area contributed by atoms with Crippen LogP contribution in [0, 0.1) is 0 Å². The van der Waals surface area contributed by atoms with Crippen molar-refractivity contribution in [3.8, 4) is 5.75 Å². The van der Waals surface area contributed by atoms with E-state index in [0.29, 0.717) is 24.7 Å². The molecule has 3 aromatic rings. The van der Waals surface area contributed by atoms with E-state index >= 15 is 0 Å². The number of allylic oxidation sites excluding steroid dienone is 1. The predicted molar refractivity (Wildman–Crippen MR) is 124 cm³/mol. The third-order valence-electron chi connectivity index (χ3n) is 5.51. The van der Waals surface area contributed by atoms with E-state index in [9.17, 15) is 4.79 Å². The van der Waals surface area contributed by atoms with Gasteiger partial charge in [-0.3, -0.25) is 4.57 Å². The van der Waals surface area contributed by atoms with E-state index in [-0.39, 0.29) is 12.6 Å². The minimum Gasteiger partial charge on any atom is -0.494 e. The van der Waals surface area contributed by atoms with Gasteiger partial charge in [-0.1, -0.05) is 37.6 Å². The van der Waals surface area contributed by atoms with Crippen molar-refractivity contribution in [1.29, 1.82) is 0 Å². The van der Waals surface area contributed by atoms with Gasteiger partial charge < -0.3 is 19.5 Å². The van der Waals surface area contributed by atoms with Crippen LogP contribution < -0.4 is 10.1 Å². The first-order valence-corrected chi connectivity index (χ1v) is 11.0. The standard InChI is InChI=1S/C25H29N3O4/c1-4-5-13-31-19-10-8-9-18(16-19)23-22(24(29)32-15-14-30-3)17(2)26-25-27-20-11-6-7-12-21(20)28(23)25/h6-12,16,23H,4-5,13-15H2,1-3H3,(H,26,27)/t23-/m1/s1. The maximum absolute atomic E-state index is 13.2. The van der Waals surface area contributed by atoms with Crippen molar-refractivity contribution in [2.45, 2.75) is 32.7 Å². The number of aromatic nitrogens is 2. The molecular weight excluding hydrogens is 406 g/mol. The smallest absolute Gasteiger partial charge is 0.338 e. The number of nitrogens with one attached hydrogen (secondary N) is 1. The number of anilines is 1. The van der Waals surface area contributed by atoms with Crippen LogP contribution >= 0.6 is 0 Å². The molecule has 2 heterocycles. The number of carbonyl (C=O) groups excluding carboxylic acids is 1. The van der Waals surface area contributed by atoms with Gasteiger partial charge in [-0.05, 0) is 43.2 Å². The van der Waals surface area contributed by atoms with Crippen LogP contribution in [0.25, 0.3) is 11.0 Å². The Labute approximate surface area is 188 Å². The van der Waals surface area contributed by atoms with Gasteiger partial charge in [-0.15, -0.1) is 0 Å². The Hall–Kier alpha value is -3.32. The van der Waals surface area contributed by atoms with Gasteiger partial charge in [0.05, 0.1) is 35.9 Å². The molecule has 0 fully saturated rings. The second-order valence-electron chi connectivity index (χ2n) is 7.76. The summed E-state index contributed by atoms with van der Waals surface area (Å²) in [6, 6.07) is 15.4. The predicted octanol–water partition coefficient (Wildman–Crippen LogP) is 4.69. The fourth-order valence-electron chi connectivity index (χ4n) is 3.95. The fourth-order valence-corrected chi connectivity index (χ4v) is 3.95. The topological polar surface area (TPSA) is 74.6 Å². The van der Waals surface area contributed by atoms with Crippen LogP contribution in [0.1, 0.15) is 38.3 Å². The molecule has 0 aliphatic carbocycles. The van der Waals surface area contributed by atoms with Gasteiger partial charge in [-0.2, -0.15) is 0 Å². The minimum absolute atomic E-state index is 0.191. The lowest BCUT2D eigenvalue weighted by Gasteiger charge is -2.30. The monoisotopic (exact) mass is 435 g/mol. The number of methoxy groups -OCH3 is 1. The van der Waals surface area contributed by atoms with E-state index in [2.05, 4.69) is 16.8 Å². The molecular formula is C25H29N3O4. The van der Waals surface area contributed by atoms with Crippen LogP contribution in [0.15, 0.2) is 59.8 Å². The first-order valence-electron chi connectivity index (χ1n) is 11.0. The fraction of sp³-hybridized carbons (Fsp3) is 0.360. The molecule has 0 radical (unpaired) electrons. The van der Waals surface area contributed by atoms with Crippen LogP contribution in [-0.2, 0) is 14.3 Å². The molecule has 1 aliphatic rings. The zero-order chi connectivity index (χ0) is 22.5. The average Bonchev–Trinajstić information content (AvgIpc) is 3.16. The molecule has 1 aromatic heterocycles. The summed E-state index contributed by atoms with van der Waals surface area (Å²) in [5.74, 6) is 1.10. The van der Waals surface area contributed by atoms with E-state index in [4.69, 9.17) is 19.2 Å². The van der Waals surface area contributed by atoms with Crippen LogP contribution in [0.4, 0.5) is 5.95 Å². The van der Waals surface area contributed by atoms with Crippen molar-refractivity contribution >= 4 is 23.0 Å². The van der Waals surface area contributed by atoms with Gasteiger partial charge in [-0.25, -0.2) is 9.78 Å². The van der Waals surface area contributed by atoms with Crippen LogP contribution in [0.3, 0.4) is 0 Å². The largest absolute Gasteiger partial charge is 0.494 e. The highest BCUT2D eigenvalue weighted by atomic mass is 16.6. The van der Waals surface area contributed by atoms with E-state index < -0.39 is 6.04 Å². The van der Waals surface area contributed by atoms with E-state index in [1.54, 1.807) is 7.11 Å². The maximum Gasteiger partial charge on any atom is 0.338 e. The molecule has 32 heavy (non-hydrogen) atoms. The summed E-state index contributed by atoms with van der Waals surface area (Å²) in [6.07, 6.45) is 2.06. The summed E-state index contributed by atoms with van der Waals surface area (Å²) in [5.41, 5.74) is 3.99. The number of rotatable bonds is 9. The Morgan fingerprint density at radius 1 is 1.12 bits per heavy atom. The second-order valence-corrected chi connectivity index (χ2v) is 7.76. The Kier molecular flexibility index (Phi) is 6.75. The number of ether oxygens (including phenoxy) is 3. The number of hydrogen-bond donors (Lipinski definition) is 1. The number of unbranched alkanes of at least 4 members (excludes halogenated alkanes) is 1. The van der Waals surface area contributed by atoms with Crippen molar-refractivity contribution in [3.63, 3.8) is 0 Å². The Balaban J connectivity index is 1.80. The van der Waals surface area contributed by atoms with Crippen molar-refractivity contribution in [2.75, 3.05) is 32.2 Å². The summed E-state index contributed by atoms with van der Waals surface area (Å²) >= 11 is 0. The van der Waals surface area contributed by atoms with Gasteiger partial charge in [0, 0.05) is 12.8 Å². The third-order valence-corrected chi connectivity index (χ3v) is 5.51. The number of benzene rings is 2. The van der Waals surface area contributed by atoms with Gasteiger partial charge in [0.2, 0.25) is 5.95 Å². The number of nitrogens with zero attached hydrogens (tertiary/aromatic N) is 2. The van der Waals surface area contributed by atoms with Crippen molar-refractivity contribution in [1.82, 2.24) is 9.55 Å². The molecule has 1 aliphatic heterocycles. The molecule has 4 rings (SSSR count). The van der Waals surface area contributed by atoms with E-state index in [1.807, 2.05) is 55.5 Å². The molecule has 168 valence electrons. The van der Waals surface area contributed by atoms with Crippen LogP contribution in [-0.4, -0.2) is 42.5 Å². The molecule has 0 amide bonds. The lowest BCUT2D eigenvalue weighted by molar-refractivity contribution is -0.140. The summed E-state index contributed by atoms with van der Waals surface area (Å²) in [7, 11) is 1.58. The first kappa shape index (κ1) is 21.9. The van der Waals surface area contributed by atoms with Crippen molar-refractivity contribution in [3.05, 3.63) is 65.4 Å². The first-order chi connectivity index (χ1) is 15.6. The van der Waals surface area contributed by atoms with Crippen molar-refractivity contribution in [2.24, 2.45) is 0 Å².